The van der Waals surface area contributed by atoms with E-state index in [2.05, 4.69) is 20.5 Å². The number of rotatable bonds is 6. The molecule has 2 aromatic rings. The molecular weight excluding hydrogens is 338 g/mol. The molecule has 8 heteroatoms. The third kappa shape index (κ3) is 5.45. The highest BCUT2D eigenvalue weighted by Crippen LogP contribution is 2.22. The van der Waals surface area contributed by atoms with E-state index in [0.29, 0.717) is 18.8 Å². The largest absolute Gasteiger partial charge is 0.444 e. The molecule has 0 bridgehead atoms. The molecule has 1 amide bonds. The number of ether oxygens (including phenoxy) is 1. The molecule has 0 fully saturated rings. The number of hydrogen-bond donors (Lipinski definition) is 1. The van der Waals surface area contributed by atoms with Crippen LogP contribution < -0.4 is 5.32 Å². The fourth-order valence-electron chi connectivity index (χ4n) is 2.39. The second kappa shape index (κ2) is 8.33. The summed E-state index contributed by atoms with van der Waals surface area (Å²) in [5.41, 5.74) is 0.294. The lowest BCUT2D eigenvalue weighted by atomic mass is 10.1. The van der Waals surface area contributed by atoms with Gasteiger partial charge in [0.15, 0.2) is 11.0 Å². The van der Waals surface area contributed by atoms with Crippen LogP contribution in [0.1, 0.15) is 45.3 Å². The maximum absolute atomic E-state index is 12.3. The molecule has 0 saturated heterocycles. The number of hydrogen-bond acceptors (Lipinski definition) is 6. The van der Waals surface area contributed by atoms with Crippen molar-refractivity contribution in [2.75, 3.05) is 6.26 Å². The molecule has 1 unspecified atom stereocenters. The molecule has 0 aliphatic heterocycles. The Hall–Kier alpha value is -2.09. The molecule has 1 N–H and O–H groups in total. The first-order chi connectivity index (χ1) is 11.8. The standard InChI is InChI=1S/C17H25N5O2S/c1-6-22-14(20-21-15(22)25-5)13(11-12-9-7-8-10-18-12)19-16(23)24-17(2,3)4/h7-10,13H,6,11H2,1-5H3,(H,19,23). The van der Waals surface area contributed by atoms with Crippen LogP contribution in [0.25, 0.3) is 0 Å². The van der Waals surface area contributed by atoms with Gasteiger partial charge in [-0.15, -0.1) is 10.2 Å². The SMILES string of the molecule is CCn1c(SC)nnc1C(Cc1ccccn1)NC(=O)OC(C)(C)C. The molecule has 0 aliphatic rings. The van der Waals surface area contributed by atoms with E-state index in [0.717, 1.165) is 10.9 Å². The van der Waals surface area contributed by atoms with Gasteiger partial charge in [-0.1, -0.05) is 17.8 Å². The first-order valence-electron chi connectivity index (χ1n) is 8.20. The monoisotopic (exact) mass is 363 g/mol. The van der Waals surface area contributed by atoms with E-state index in [1.54, 1.807) is 6.20 Å². The average Bonchev–Trinajstić information content (AvgIpc) is 2.96. The van der Waals surface area contributed by atoms with Crippen molar-refractivity contribution in [1.29, 1.82) is 0 Å². The minimum atomic E-state index is -0.567. The van der Waals surface area contributed by atoms with Gasteiger partial charge in [0, 0.05) is 24.9 Å². The van der Waals surface area contributed by atoms with E-state index in [-0.39, 0.29) is 6.04 Å². The zero-order chi connectivity index (χ0) is 18.4. The van der Waals surface area contributed by atoms with E-state index in [9.17, 15) is 4.79 Å². The van der Waals surface area contributed by atoms with Crippen molar-refractivity contribution in [2.24, 2.45) is 0 Å². The Labute approximate surface area is 152 Å². The van der Waals surface area contributed by atoms with Gasteiger partial charge < -0.3 is 14.6 Å². The average molecular weight is 363 g/mol. The Morgan fingerprint density at radius 3 is 2.68 bits per heavy atom. The normalized spacial score (nSPS) is 12.7. The van der Waals surface area contributed by atoms with E-state index in [4.69, 9.17) is 4.74 Å². The van der Waals surface area contributed by atoms with Gasteiger partial charge in [-0.2, -0.15) is 0 Å². The van der Waals surface area contributed by atoms with Crippen LogP contribution in [0.3, 0.4) is 0 Å². The van der Waals surface area contributed by atoms with E-state index in [1.807, 2.05) is 56.7 Å². The van der Waals surface area contributed by atoms with Gasteiger partial charge in [0.2, 0.25) is 0 Å². The van der Waals surface area contributed by atoms with Crippen LogP contribution in [0.5, 0.6) is 0 Å². The van der Waals surface area contributed by atoms with Crippen LogP contribution in [0.15, 0.2) is 29.6 Å². The Bertz CT molecular complexity index is 697. The number of carbonyl (C=O) groups excluding carboxylic acids is 1. The maximum atomic E-state index is 12.3. The van der Waals surface area contributed by atoms with Crippen LogP contribution in [0.4, 0.5) is 4.79 Å². The molecule has 0 saturated carbocycles. The molecule has 0 aromatic carbocycles. The second-order valence-corrected chi connectivity index (χ2v) is 7.29. The molecule has 2 heterocycles. The molecule has 0 spiro atoms. The van der Waals surface area contributed by atoms with E-state index in [1.165, 1.54) is 11.8 Å². The summed E-state index contributed by atoms with van der Waals surface area (Å²) in [5.74, 6) is 0.698. The number of thioether (sulfide) groups is 1. The topological polar surface area (TPSA) is 81.9 Å². The molecule has 7 nitrogen and oxygen atoms in total. The maximum Gasteiger partial charge on any atom is 0.408 e. The smallest absolute Gasteiger partial charge is 0.408 e. The highest BCUT2D eigenvalue weighted by molar-refractivity contribution is 7.98. The van der Waals surface area contributed by atoms with Crippen LogP contribution in [-0.2, 0) is 17.7 Å². The Kier molecular flexibility index (Phi) is 6.41. The predicted molar refractivity (Wildman–Crippen MR) is 97.5 cm³/mol. The van der Waals surface area contributed by atoms with Gasteiger partial charge in [0.05, 0.1) is 6.04 Å². The third-order valence-corrected chi connectivity index (χ3v) is 4.05. The molecule has 2 rings (SSSR count). The van der Waals surface area contributed by atoms with Crippen LogP contribution in [0, 0.1) is 0 Å². The zero-order valence-electron chi connectivity index (χ0n) is 15.3. The number of amides is 1. The summed E-state index contributed by atoms with van der Waals surface area (Å²) in [6.07, 6.45) is 3.71. The zero-order valence-corrected chi connectivity index (χ0v) is 16.1. The molecule has 2 aromatic heterocycles. The molecular formula is C17H25N5O2S. The molecule has 25 heavy (non-hydrogen) atoms. The van der Waals surface area contributed by atoms with Gasteiger partial charge >= 0.3 is 6.09 Å². The number of aromatic nitrogens is 4. The molecule has 136 valence electrons. The minimum Gasteiger partial charge on any atom is -0.444 e. The van der Waals surface area contributed by atoms with Crippen molar-refractivity contribution in [3.05, 3.63) is 35.9 Å². The van der Waals surface area contributed by atoms with Crippen LogP contribution in [0.2, 0.25) is 0 Å². The highest BCUT2D eigenvalue weighted by Gasteiger charge is 2.25. The van der Waals surface area contributed by atoms with Crippen LogP contribution in [-0.4, -0.2) is 37.7 Å². The quantitative estimate of drug-likeness (QED) is 0.794. The van der Waals surface area contributed by atoms with Crippen molar-refractivity contribution in [3.8, 4) is 0 Å². The summed E-state index contributed by atoms with van der Waals surface area (Å²) in [5, 5.41) is 12.2. The number of nitrogens with zero attached hydrogens (tertiary/aromatic N) is 4. The summed E-state index contributed by atoms with van der Waals surface area (Å²) >= 11 is 1.52. The lowest BCUT2D eigenvalue weighted by Gasteiger charge is -2.23. The third-order valence-electron chi connectivity index (χ3n) is 3.39. The number of nitrogens with one attached hydrogen (secondary N) is 1. The summed E-state index contributed by atoms with van der Waals surface area (Å²) in [4.78, 5) is 16.6. The summed E-state index contributed by atoms with van der Waals surface area (Å²) < 4.78 is 7.40. The summed E-state index contributed by atoms with van der Waals surface area (Å²) in [6.45, 7) is 8.24. The number of alkyl carbamates (subject to hydrolysis) is 1. The van der Waals surface area contributed by atoms with Crippen molar-refractivity contribution < 1.29 is 9.53 Å². The first-order valence-corrected chi connectivity index (χ1v) is 9.43. The fraction of sp³-hybridized carbons (Fsp3) is 0.529. The van der Waals surface area contributed by atoms with Crippen LogP contribution >= 0.6 is 11.8 Å². The summed E-state index contributed by atoms with van der Waals surface area (Å²) in [6, 6.07) is 5.33. The van der Waals surface area contributed by atoms with Gasteiger partial charge in [-0.3, -0.25) is 4.98 Å². The van der Waals surface area contributed by atoms with Gasteiger partial charge in [-0.05, 0) is 46.1 Å². The van der Waals surface area contributed by atoms with E-state index < -0.39 is 11.7 Å². The van der Waals surface area contributed by atoms with Gasteiger partial charge in [0.1, 0.15) is 5.60 Å². The molecule has 1 atom stereocenters. The van der Waals surface area contributed by atoms with Crippen molar-refractivity contribution in [1.82, 2.24) is 25.1 Å². The fourth-order valence-corrected chi connectivity index (χ4v) is 2.96. The van der Waals surface area contributed by atoms with E-state index >= 15 is 0 Å². The molecule has 0 aliphatic carbocycles. The Morgan fingerprint density at radius 1 is 1.36 bits per heavy atom. The predicted octanol–water partition coefficient (Wildman–Crippen LogP) is 3.22. The second-order valence-electron chi connectivity index (χ2n) is 6.51. The van der Waals surface area contributed by atoms with Gasteiger partial charge in [0.25, 0.3) is 0 Å². The minimum absolute atomic E-state index is 0.377. The highest BCUT2D eigenvalue weighted by atomic mass is 32.2. The molecule has 0 radical (unpaired) electrons. The van der Waals surface area contributed by atoms with Crippen molar-refractivity contribution >= 4 is 17.9 Å². The Balaban J connectivity index is 2.29. The summed E-state index contributed by atoms with van der Waals surface area (Å²) in [7, 11) is 0. The first kappa shape index (κ1) is 19.2. The Morgan fingerprint density at radius 2 is 2.12 bits per heavy atom. The lowest BCUT2D eigenvalue weighted by Crippen LogP contribution is -2.37. The van der Waals surface area contributed by atoms with Gasteiger partial charge in [-0.25, -0.2) is 4.79 Å². The van der Waals surface area contributed by atoms with Crippen molar-refractivity contribution in [3.63, 3.8) is 0 Å². The van der Waals surface area contributed by atoms with Crippen molar-refractivity contribution in [2.45, 2.75) is 57.5 Å². The lowest BCUT2D eigenvalue weighted by molar-refractivity contribution is 0.0499. The number of pyridine rings is 1. The number of carbonyl (C=O) groups is 1.